The predicted molar refractivity (Wildman–Crippen MR) is 700 cm³/mol. The molecule has 26 nitrogen and oxygen atoms in total. The van der Waals surface area contributed by atoms with Gasteiger partial charge >= 0.3 is 85.6 Å². The van der Waals surface area contributed by atoms with E-state index < -0.39 is 230 Å². The van der Waals surface area contributed by atoms with Gasteiger partial charge in [0.25, 0.3) is 0 Å². The van der Waals surface area contributed by atoms with Crippen LogP contribution in [-0.4, -0.2) is 312 Å². The molecule has 0 saturated carbocycles. The first-order valence-electron chi connectivity index (χ1n) is 56.4. The molecule has 0 aliphatic carbocycles. The predicted octanol–water partition coefficient (Wildman–Crippen LogP) is 29.7. The molecule has 0 aliphatic rings. The summed E-state index contributed by atoms with van der Waals surface area (Å²) in [6.45, 7) is 133. The van der Waals surface area contributed by atoms with Crippen LogP contribution in [0.25, 0.3) is 0 Å². The Labute approximate surface area is 943 Å². The van der Waals surface area contributed by atoms with Crippen molar-refractivity contribution in [3.05, 3.63) is 0 Å². The fraction of sp³-hybridized carbons (Fsp3) is 1.00. The van der Waals surface area contributed by atoms with Gasteiger partial charge in [0.1, 0.15) is 0 Å². The Morgan fingerprint density at radius 2 is 0.230 bits per heavy atom. The molecule has 52 heteroatoms. The molecule has 896 valence electrons. The van der Waals surface area contributed by atoms with Crippen LogP contribution < -0.4 is 0 Å². The van der Waals surface area contributed by atoms with E-state index >= 15 is 0 Å². The summed E-state index contributed by atoms with van der Waals surface area (Å²) >= 11 is 0. The van der Waals surface area contributed by atoms with Crippen LogP contribution in [0.15, 0.2) is 0 Å². The van der Waals surface area contributed by atoms with Gasteiger partial charge in [-0.1, -0.05) is 51.4 Å². The molecule has 2 unspecified atom stereocenters. The van der Waals surface area contributed by atoms with E-state index in [1.807, 2.05) is 0 Å². The molecule has 2 atom stereocenters. The number of aliphatic hydroxyl groups is 8. The topological polar surface area (TPSA) is 328 Å². The van der Waals surface area contributed by atoms with Gasteiger partial charge in [0.2, 0.25) is 0 Å². The Hall–Kier alpha value is 4.60. The molecule has 0 saturated heterocycles. The van der Waals surface area contributed by atoms with Gasteiger partial charge < -0.3 is 115 Å². The molecule has 148 heavy (non-hydrogen) atoms. The normalized spacial score (nSPS) is 15.8. The van der Waals surface area contributed by atoms with Crippen molar-refractivity contribution in [3.8, 4) is 0 Å². The average Bonchev–Trinajstić information content (AvgIpc) is 0.818. The Kier molecular flexibility index (Phi) is 67.0. The van der Waals surface area contributed by atoms with Gasteiger partial charge in [-0.05, 0) is 493 Å². The molecule has 0 aromatic carbocycles. The van der Waals surface area contributed by atoms with Crippen LogP contribution in [0, 0.1) is 21.7 Å². The van der Waals surface area contributed by atoms with Gasteiger partial charge in [-0.15, -0.1) is 0 Å². The summed E-state index contributed by atoms with van der Waals surface area (Å²) in [5.74, 6) is 0. The molecule has 0 spiro atoms. The maximum absolute atomic E-state index is 10.6. The van der Waals surface area contributed by atoms with Crippen LogP contribution >= 0.6 is 0 Å². The molecule has 0 aromatic rings. The van der Waals surface area contributed by atoms with Gasteiger partial charge in [0.15, 0.2) is 133 Å². The summed E-state index contributed by atoms with van der Waals surface area (Å²) in [4.78, 5) is 0. The zero-order valence-corrected chi connectivity index (χ0v) is 135. The van der Waals surface area contributed by atoms with E-state index in [2.05, 4.69) is 393 Å². The Morgan fingerprint density at radius 3 is 0.358 bits per heavy atom. The van der Waals surface area contributed by atoms with Gasteiger partial charge in [-0.25, -0.2) is 0 Å². The van der Waals surface area contributed by atoms with E-state index in [-0.39, 0.29) is 63.7 Å². The smallest absolute Gasteiger partial charge is 0.315 e. The highest BCUT2D eigenvalue weighted by atomic mass is 28.5. The van der Waals surface area contributed by atoms with Gasteiger partial charge in [-0.3, -0.25) is 0 Å². The second-order valence-corrected chi connectivity index (χ2v) is 170. The van der Waals surface area contributed by atoms with Crippen molar-refractivity contribution in [3.63, 3.8) is 0 Å². The minimum atomic E-state index is -2.56. The van der Waals surface area contributed by atoms with Crippen molar-refractivity contribution in [2.24, 2.45) is 21.7 Å². The van der Waals surface area contributed by atoms with E-state index in [9.17, 15) is 40.9 Å². The summed E-state index contributed by atoms with van der Waals surface area (Å²) in [5, 5.41) is 82.3. The minimum absolute atomic E-state index is 0.0333. The Morgan fingerprint density at radius 1 is 0.122 bits per heavy atom. The van der Waals surface area contributed by atoms with Crippen molar-refractivity contribution in [1.29, 1.82) is 0 Å². The zero-order chi connectivity index (χ0) is 118. The van der Waals surface area contributed by atoms with Crippen LogP contribution in [0.3, 0.4) is 0 Å². The molecule has 0 amide bonds. The van der Waals surface area contributed by atoms with E-state index in [1.165, 1.54) is 0 Å². The molecular weight excluding hydrogens is 2300 g/mol. The molecule has 0 heterocycles. The standard InChI is InChI=1S/C31H84O10Si10.C27H72O8Si8.2C19H48O4Si4/c1-42(2,3)34-46(11,12)38-50(19,20)40-48(15,16)36-44(7,8)27-23-25-31(29-32,30-33)26-24-28-45(9,10)37-49(17,18)41-51(21,22)39-47(13,14)35-43(4,5)6;1-36(2,3)30-40(13,14)34-42(17,32-38(7,8)9)23-19-21-27(25-28,26-29)22-20-24-43(18,33-39(10,11)12)35-41(15,16)31-37(4,5)6;2*1-24(2,3)22-26(7,8)15-11-13-19(17-20,18-21)14-12-16-27(9,10)23-25(4,5)6/h32-33H,23-30H2,1-22H3;28-29H,19-26H2,1-18H3;2*20-21H,11-18H2,1-10H3. The quantitative estimate of drug-likeness (QED) is 0.0262. The molecule has 0 aromatic heterocycles. The second kappa shape index (κ2) is 62.5. The summed E-state index contributed by atoms with van der Waals surface area (Å²) < 4.78 is 119. The van der Waals surface area contributed by atoms with Crippen molar-refractivity contribution in [2.45, 2.75) is 544 Å². The van der Waals surface area contributed by atoms with E-state index in [0.29, 0.717) is 12.8 Å². The van der Waals surface area contributed by atoms with Crippen LogP contribution in [0.1, 0.15) is 103 Å². The van der Waals surface area contributed by atoms with E-state index in [4.69, 9.17) is 74.1 Å². The maximum Gasteiger partial charge on any atom is 0.315 e. The van der Waals surface area contributed by atoms with Crippen molar-refractivity contribution < 1.29 is 115 Å². The molecule has 0 fully saturated rings. The molecular formula is C96H252O26Si26. The third-order valence-corrected chi connectivity index (χ3v) is 112. The summed E-state index contributed by atoms with van der Waals surface area (Å²) in [7, 11) is -52.1. The Bertz CT molecular complexity index is 3330. The highest BCUT2D eigenvalue weighted by Gasteiger charge is 2.52. The third kappa shape index (κ3) is 83.8. The monoisotopic (exact) mass is 2550 g/mol. The molecule has 0 aliphatic heterocycles. The number of hydrogen-bond acceptors (Lipinski definition) is 26. The highest BCUT2D eigenvalue weighted by molar-refractivity contribution is 6.95. The summed E-state index contributed by atoms with van der Waals surface area (Å²) in [5.41, 5.74) is -1.79. The first-order chi connectivity index (χ1) is 64.9. The lowest BCUT2D eigenvalue weighted by atomic mass is 9.81. The number of rotatable bonds is 76. The molecule has 8 N–H and O–H groups in total. The first-order valence-corrected chi connectivity index (χ1v) is 137. The molecule has 0 radical (unpaired) electrons. The fourth-order valence-electron chi connectivity index (χ4n) is 21.9. The molecule has 0 bridgehead atoms. The number of aliphatic hydroxyl groups excluding tert-OH is 8. The number of hydrogen-bond donors (Lipinski definition) is 8. The summed E-state index contributed by atoms with van der Waals surface area (Å²) in [6, 6.07) is 7.87. The zero-order valence-electron chi connectivity index (χ0n) is 109. The average molecular weight is 2550 g/mol. The molecule has 0 rings (SSSR count). The van der Waals surface area contributed by atoms with E-state index in [1.54, 1.807) is 0 Å². The van der Waals surface area contributed by atoms with Crippen LogP contribution in [0.4, 0.5) is 0 Å². The van der Waals surface area contributed by atoms with Crippen molar-refractivity contribution in [1.82, 2.24) is 0 Å². The van der Waals surface area contributed by atoms with Crippen LogP contribution in [0.5, 0.6) is 0 Å². The minimum Gasteiger partial charge on any atom is -0.456 e. The van der Waals surface area contributed by atoms with Gasteiger partial charge in [0.05, 0.1) is 52.9 Å². The highest BCUT2D eigenvalue weighted by Crippen LogP contribution is 2.43. The van der Waals surface area contributed by atoms with E-state index in [0.717, 1.165) is 138 Å². The van der Waals surface area contributed by atoms with Crippen LogP contribution in [0.2, 0.25) is 441 Å². The maximum atomic E-state index is 10.6. The van der Waals surface area contributed by atoms with Crippen molar-refractivity contribution in [2.75, 3.05) is 52.9 Å². The summed E-state index contributed by atoms with van der Waals surface area (Å²) in [6.07, 6.45) is 14.0. The lowest BCUT2D eigenvalue weighted by molar-refractivity contribution is 0.0376. The fourth-order valence-corrected chi connectivity index (χ4v) is 138. The Balaban J connectivity index is -0.000000969. The third-order valence-electron chi connectivity index (χ3n) is 23.8. The van der Waals surface area contributed by atoms with Crippen LogP contribution in [-0.2, 0) is 74.1 Å². The lowest BCUT2D eigenvalue weighted by Gasteiger charge is -2.42. The first kappa shape index (κ1) is 159. The SMILES string of the molecule is C[Si](C)(C)O[Si](C)(C)CCCC(CO)(CO)CCC[Si](C)(C)O[Si](C)(C)C.C[Si](C)(C)O[Si](C)(C)CCCC(CO)(CO)CCC[Si](C)(C)O[Si](C)(C)C.C[Si](C)(C)O[Si](C)(C)O[Si](C)(C)O[Si](C)(C)O[Si](C)(C)CCCC(CO)(CO)CCC[Si](C)(C)O[Si](C)(C)O[Si](C)(C)O[Si](C)(C)O[Si](C)(C)C.C[Si](C)(C)O[Si](C)(C)O[Si](C)(CCCC(CO)(CO)CCC[Si](C)(O[Si](C)(C)C)O[Si](C)(C)O[Si](C)(C)C)O[Si](C)(C)C. The van der Waals surface area contributed by atoms with Crippen molar-refractivity contribution >= 4 is 219 Å². The second-order valence-electron chi connectivity index (χ2n) is 61.1. The lowest BCUT2D eigenvalue weighted by Crippen LogP contribution is -2.58. The largest absolute Gasteiger partial charge is 0.456 e. The van der Waals surface area contributed by atoms with Gasteiger partial charge in [0, 0.05) is 21.7 Å². The van der Waals surface area contributed by atoms with Gasteiger partial charge in [-0.2, -0.15) is 0 Å².